The van der Waals surface area contributed by atoms with Gasteiger partial charge in [-0.3, -0.25) is 14.4 Å². The summed E-state index contributed by atoms with van der Waals surface area (Å²) < 4.78 is 48.4. The SMILES string of the molecule is CNC(=O)C=CCCC(NC(=O)O)C(=O)Nc1cccn(Cc2nc3c(OCc4ccc(F)cc4F)cc(F)cc3[nH]2)c1=O. The maximum atomic E-state index is 14.3. The first kappa shape index (κ1) is 31.3. The van der Waals surface area contributed by atoms with Gasteiger partial charge in [-0.15, -0.1) is 0 Å². The van der Waals surface area contributed by atoms with Gasteiger partial charge in [0.1, 0.15) is 47.1 Å². The number of ether oxygens (including phenoxy) is 1. The van der Waals surface area contributed by atoms with Gasteiger partial charge in [0.2, 0.25) is 11.8 Å². The zero-order valence-electron chi connectivity index (χ0n) is 23.2. The quantitative estimate of drug-likeness (QED) is 0.153. The molecule has 0 saturated heterocycles. The van der Waals surface area contributed by atoms with Crippen LogP contribution < -0.4 is 26.2 Å². The van der Waals surface area contributed by atoms with E-state index in [0.29, 0.717) is 6.07 Å². The van der Waals surface area contributed by atoms with E-state index >= 15 is 0 Å². The van der Waals surface area contributed by atoms with Crippen LogP contribution >= 0.6 is 0 Å². The summed E-state index contributed by atoms with van der Waals surface area (Å²) >= 11 is 0. The standard InChI is InChI=1S/C29H27F3N6O6/c1-33-25(39)7-3-2-5-20(36-29(42)43)27(40)35-21-6-4-10-38(28(21)41)14-24-34-22-12-18(31)13-23(26(22)37-24)44-15-16-8-9-17(30)11-19(16)32/h3-4,6-13,20,36H,2,5,14-15H2,1H3,(H,33,39)(H,34,37)(H,35,40)(H,42,43). The maximum absolute atomic E-state index is 14.3. The van der Waals surface area contributed by atoms with Gasteiger partial charge in [-0.25, -0.2) is 22.9 Å². The minimum Gasteiger partial charge on any atom is -0.486 e. The first-order valence-corrected chi connectivity index (χ1v) is 13.2. The number of anilines is 1. The normalized spacial score (nSPS) is 11.8. The summed E-state index contributed by atoms with van der Waals surface area (Å²) in [6, 6.07) is 6.81. The van der Waals surface area contributed by atoms with Crippen molar-refractivity contribution in [2.75, 3.05) is 12.4 Å². The van der Waals surface area contributed by atoms with E-state index in [2.05, 4.69) is 25.9 Å². The predicted octanol–water partition coefficient (Wildman–Crippen LogP) is 3.43. The average Bonchev–Trinajstić information content (AvgIpc) is 3.38. The number of aromatic nitrogens is 3. The van der Waals surface area contributed by atoms with Crippen LogP contribution in [0.5, 0.6) is 5.75 Å². The fourth-order valence-electron chi connectivity index (χ4n) is 4.17. The van der Waals surface area contributed by atoms with Crippen LogP contribution in [-0.2, 0) is 22.7 Å². The van der Waals surface area contributed by atoms with Crippen LogP contribution in [0.2, 0.25) is 0 Å². The van der Waals surface area contributed by atoms with E-state index in [9.17, 15) is 32.3 Å². The molecule has 0 saturated carbocycles. The van der Waals surface area contributed by atoms with Crippen molar-refractivity contribution in [1.29, 1.82) is 0 Å². The molecule has 1 unspecified atom stereocenters. The smallest absolute Gasteiger partial charge is 0.405 e. The summed E-state index contributed by atoms with van der Waals surface area (Å²) in [4.78, 5) is 55.8. The molecule has 0 aliphatic heterocycles. The molecule has 0 fully saturated rings. The average molecular weight is 613 g/mol. The lowest BCUT2D eigenvalue weighted by molar-refractivity contribution is -0.118. The van der Waals surface area contributed by atoms with Crippen LogP contribution in [-0.4, -0.2) is 50.6 Å². The number of hydrogen-bond acceptors (Lipinski definition) is 6. The Bertz CT molecular complexity index is 1790. The lowest BCUT2D eigenvalue weighted by Crippen LogP contribution is -2.44. The number of H-pyrrole nitrogens is 1. The molecule has 44 heavy (non-hydrogen) atoms. The number of fused-ring (bicyclic) bond motifs is 1. The topological polar surface area (TPSA) is 167 Å². The van der Waals surface area contributed by atoms with Gasteiger partial charge in [0.05, 0.1) is 12.1 Å². The zero-order chi connectivity index (χ0) is 31.8. The van der Waals surface area contributed by atoms with Gasteiger partial charge in [-0.2, -0.15) is 0 Å². The number of imidazole rings is 1. The number of carbonyl (C=O) groups excluding carboxylic acids is 2. The zero-order valence-corrected chi connectivity index (χ0v) is 23.2. The summed E-state index contributed by atoms with van der Waals surface area (Å²) in [7, 11) is 1.45. The molecular formula is C29H27F3N6O6. The number of nitrogens with zero attached hydrogens (tertiary/aromatic N) is 2. The van der Waals surface area contributed by atoms with Crippen molar-refractivity contribution >= 4 is 34.6 Å². The number of carbonyl (C=O) groups is 3. The second kappa shape index (κ2) is 14.0. The summed E-state index contributed by atoms with van der Waals surface area (Å²) in [6.45, 7) is -0.456. The second-order valence-corrected chi connectivity index (χ2v) is 9.45. The Kier molecular flexibility index (Phi) is 10.0. The van der Waals surface area contributed by atoms with Crippen molar-refractivity contribution in [2.45, 2.75) is 32.0 Å². The number of halogens is 3. The largest absolute Gasteiger partial charge is 0.486 e. The Morgan fingerprint density at radius 1 is 1.14 bits per heavy atom. The number of rotatable bonds is 12. The Hall–Kier alpha value is -5.60. The van der Waals surface area contributed by atoms with Gasteiger partial charge in [-0.1, -0.05) is 6.08 Å². The number of nitrogens with one attached hydrogen (secondary N) is 4. The number of carboxylic acid groups (broad SMARTS) is 1. The summed E-state index contributed by atoms with van der Waals surface area (Å²) in [5, 5.41) is 16.1. The molecule has 2 heterocycles. The highest BCUT2D eigenvalue weighted by Gasteiger charge is 2.21. The van der Waals surface area contributed by atoms with Crippen LogP contribution in [0.15, 0.2) is 65.6 Å². The molecule has 0 radical (unpaired) electrons. The minimum absolute atomic E-state index is 0.0123. The van der Waals surface area contributed by atoms with E-state index in [1.807, 2.05) is 0 Å². The number of likely N-dealkylation sites (N-methyl/N-ethyl adjacent to an activating group) is 1. The van der Waals surface area contributed by atoms with Crippen molar-refractivity contribution in [3.8, 4) is 5.75 Å². The summed E-state index contributed by atoms with van der Waals surface area (Å²) in [5.74, 6) is -3.18. The molecule has 15 heteroatoms. The molecule has 0 bridgehead atoms. The predicted molar refractivity (Wildman–Crippen MR) is 153 cm³/mol. The van der Waals surface area contributed by atoms with Crippen LogP contribution in [0.1, 0.15) is 24.2 Å². The molecule has 2 aromatic carbocycles. The molecular weight excluding hydrogens is 585 g/mol. The first-order chi connectivity index (χ1) is 21.0. The van der Waals surface area contributed by atoms with Gasteiger partial charge >= 0.3 is 6.09 Å². The highest BCUT2D eigenvalue weighted by atomic mass is 19.1. The Labute approximate surface area is 247 Å². The highest BCUT2D eigenvalue weighted by Crippen LogP contribution is 2.27. The minimum atomic E-state index is -1.45. The van der Waals surface area contributed by atoms with Crippen molar-refractivity contribution in [3.05, 3.63) is 100 Å². The van der Waals surface area contributed by atoms with Gasteiger partial charge in [-0.05, 0) is 49.2 Å². The summed E-state index contributed by atoms with van der Waals surface area (Å²) in [6.07, 6.45) is 2.92. The lowest BCUT2D eigenvalue weighted by Gasteiger charge is -2.16. The first-order valence-electron chi connectivity index (χ1n) is 13.2. The second-order valence-electron chi connectivity index (χ2n) is 9.45. The Morgan fingerprint density at radius 2 is 1.93 bits per heavy atom. The van der Waals surface area contributed by atoms with E-state index in [1.54, 1.807) is 0 Å². The fraction of sp³-hybridized carbons (Fsp3) is 0.207. The molecule has 230 valence electrons. The van der Waals surface area contributed by atoms with Crippen molar-refractivity contribution in [2.24, 2.45) is 0 Å². The van der Waals surface area contributed by atoms with Crippen LogP contribution in [0, 0.1) is 17.5 Å². The van der Waals surface area contributed by atoms with Gasteiger partial charge in [0, 0.05) is 30.9 Å². The molecule has 0 aliphatic rings. The Balaban J connectivity index is 1.50. The van der Waals surface area contributed by atoms with Crippen LogP contribution in [0.25, 0.3) is 11.0 Å². The van der Waals surface area contributed by atoms with Gasteiger partial charge < -0.3 is 35.3 Å². The van der Waals surface area contributed by atoms with Gasteiger partial charge in [0.15, 0.2) is 5.75 Å². The molecule has 0 spiro atoms. The third-order valence-corrected chi connectivity index (χ3v) is 6.31. The molecule has 3 amide bonds. The third kappa shape index (κ3) is 8.02. The van der Waals surface area contributed by atoms with E-state index < -0.39 is 41.1 Å². The monoisotopic (exact) mass is 612 g/mol. The van der Waals surface area contributed by atoms with E-state index in [1.165, 1.54) is 48.2 Å². The van der Waals surface area contributed by atoms with Crippen LogP contribution in [0.3, 0.4) is 0 Å². The Morgan fingerprint density at radius 3 is 2.66 bits per heavy atom. The number of hydrogen-bond donors (Lipinski definition) is 5. The fourth-order valence-corrected chi connectivity index (χ4v) is 4.17. The molecule has 4 rings (SSSR count). The summed E-state index contributed by atoms with van der Waals surface area (Å²) in [5.41, 5.74) is -0.284. The molecule has 0 aliphatic carbocycles. The number of aromatic amines is 1. The lowest BCUT2D eigenvalue weighted by atomic mass is 10.1. The molecule has 12 nitrogen and oxygen atoms in total. The number of benzene rings is 2. The molecule has 1 atom stereocenters. The van der Waals surface area contributed by atoms with Gasteiger partial charge in [0.25, 0.3) is 5.56 Å². The van der Waals surface area contributed by atoms with Crippen molar-refractivity contribution in [3.63, 3.8) is 0 Å². The molecule has 5 N–H and O–H groups in total. The molecule has 2 aromatic heterocycles. The third-order valence-electron chi connectivity index (χ3n) is 6.31. The maximum Gasteiger partial charge on any atom is 0.405 e. The van der Waals surface area contributed by atoms with Crippen LogP contribution in [0.4, 0.5) is 23.7 Å². The van der Waals surface area contributed by atoms with E-state index in [4.69, 9.17) is 9.84 Å². The van der Waals surface area contributed by atoms with Crippen molar-refractivity contribution in [1.82, 2.24) is 25.2 Å². The number of amides is 3. The number of pyridine rings is 1. The van der Waals surface area contributed by atoms with E-state index in [-0.39, 0.29) is 65.8 Å². The van der Waals surface area contributed by atoms with E-state index in [0.717, 1.165) is 18.2 Å². The van der Waals surface area contributed by atoms with Crippen molar-refractivity contribution < 1.29 is 37.4 Å². The number of allylic oxidation sites excluding steroid dienone is 1. The highest BCUT2D eigenvalue weighted by molar-refractivity contribution is 5.96. The molecule has 4 aromatic rings.